The fourth-order valence-corrected chi connectivity index (χ4v) is 7.61. The van der Waals surface area contributed by atoms with Gasteiger partial charge in [0.15, 0.2) is 0 Å². The van der Waals surface area contributed by atoms with Crippen LogP contribution in [0.5, 0.6) is 0 Å². The van der Waals surface area contributed by atoms with Crippen molar-refractivity contribution in [3.05, 3.63) is 138 Å². The van der Waals surface area contributed by atoms with Gasteiger partial charge in [0.25, 0.3) is 0 Å². The molecule has 0 unspecified atom stereocenters. The SMILES string of the molecule is Cc1cccc(-n2c3ccccc3c3ccccc32)c1-c1cccc2c1oc1c3c(ccc12)C(C)(C)c1ccccc1-3. The molecular formula is C40H29NO. The van der Waals surface area contributed by atoms with Gasteiger partial charge in [-0.25, -0.2) is 0 Å². The lowest BCUT2D eigenvalue weighted by molar-refractivity contribution is 0.653. The second kappa shape index (κ2) is 8.24. The van der Waals surface area contributed by atoms with Crippen molar-refractivity contribution in [2.45, 2.75) is 26.2 Å². The first-order chi connectivity index (χ1) is 20.5. The van der Waals surface area contributed by atoms with Crippen LogP contribution >= 0.6 is 0 Å². The van der Waals surface area contributed by atoms with Gasteiger partial charge in [-0.15, -0.1) is 0 Å². The normalized spacial score (nSPS) is 13.8. The minimum atomic E-state index is -0.0678. The first-order valence-corrected chi connectivity index (χ1v) is 14.7. The molecule has 0 spiro atoms. The summed E-state index contributed by atoms with van der Waals surface area (Å²) >= 11 is 0. The van der Waals surface area contributed by atoms with Gasteiger partial charge in [-0.05, 0) is 47.4 Å². The average Bonchev–Trinajstić information content (AvgIpc) is 3.63. The minimum absolute atomic E-state index is 0.0678. The molecule has 0 radical (unpaired) electrons. The van der Waals surface area contributed by atoms with Crippen molar-refractivity contribution < 1.29 is 4.42 Å². The molecule has 8 aromatic rings. The molecule has 0 aliphatic heterocycles. The smallest absolute Gasteiger partial charge is 0.143 e. The number of furan rings is 1. The maximum atomic E-state index is 7.02. The van der Waals surface area contributed by atoms with Crippen LogP contribution in [0.2, 0.25) is 0 Å². The molecule has 9 rings (SSSR count). The number of para-hydroxylation sites is 3. The van der Waals surface area contributed by atoms with E-state index < -0.39 is 0 Å². The van der Waals surface area contributed by atoms with Gasteiger partial charge in [-0.3, -0.25) is 0 Å². The molecular weight excluding hydrogens is 510 g/mol. The Morgan fingerprint density at radius 1 is 0.500 bits per heavy atom. The van der Waals surface area contributed by atoms with Gasteiger partial charge in [-0.1, -0.05) is 117 Å². The maximum Gasteiger partial charge on any atom is 0.143 e. The molecule has 200 valence electrons. The van der Waals surface area contributed by atoms with Gasteiger partial charge >= 0.3 is 0 Å². The highest BCUT2D eigenvalue weighted by Crippen LogP contribution is 2.53. The lowest BCUT2D eigenvalue weighted by atomic mass is 9.82. The molecule has 0 amide bonds. The van der Waals surface area contributed by atoms with Crippen LogP contribution in [0.15, 0.2) is 126 Å². The molecule has 2 aromatic heterocycles. The zero-order valence-corrected chi connectivity index (χ0v) is 23.9. The van der Waals surface area contributed by atoms with Crippen LogP contribution in [0.25, 0.3) is 71.7 Å². The summed E-state index contributed by atoms with van der Waals surface area (Å²) in [6.07, 6.45) is 0. The largest absolute Gasteiger partial charge is 0.455 e. The summed E-state index contributed by atoms with van der Waals surface area (Å²) in [5, 5.41) is 4.85. The quantitative estimate of drug-likeness (QED) is 0.214. The zero-order valence-electron chi connectivity index (χ0n) is 23.9. The number of aryl methyl sites for hydroxylation is 1. The first-order valence-electron chi connectivity index (χ1n) is 14.7. The number of hydrogen-bond donors (Lipinski definition) is 0. The highest BCUT2D eigenvalue weighted by molar-refractivity contribution is 6.16. The van der Waals surface area contributed by atoms with Gasteiger partial charge in [0.1, 0.15) is 11.2 Å². The first kappa shape index (κ1) is 23.6. The van der Waals surface area contributed by atoms with Gasteiger partial charge < -0.3 is 8.98 Å². The molecule has 1 aliphatic rings. The fraction of sp³-hybridized carbons (Fsp3) is 0.100. The molecule has 0 N–H and O–H groups in total. The Hall–Kier alpha value is -5.08. The molecule has 2 heterocycles. The molecule has 0 saturated carbocycles. The molecule has 0 bridgehead atoms. The van der Waals surface area contributed by atoms with Gasteiger partial charge in [0.05, 0.1) is 16.7 Å². The summed E-state index contributed by atoms with van der Waals surface area (Å²) in [6, 6.07) is 44.1. The summed E-state index contributed by atoms with van der Waals surface area (Å²) in [7, 11) is 0. The minimum Gasteiger partial charge on any atom is -0.455 e. The van der Waals surface area contributed by atoms with E-state index in [2.05, 4.69) is 147 Å². The van der Waals surface area contributed by atoms with Crippen LogP contribution in [0.4, 0.5) is 0 Å². The highest BCUT2D eigenvalue weighted by atomic mass is 16.3. The van der Waals surface area contributed by atoms with Gasteiger partial charge in [-0.2, -0.15) is 0 Å². The van der Waals surface area contributed by atoms with Crippen molar-refractivity contribution in [2.75, 3.05) is 0 Å². The molecule has 0 fully saturated rings. The predicted molar refractivity (Wildman–Crippen MR) is 176 cm³/mol. The molecule has 0 saturated heterocycles. The fourth-order valence-electron chi connectivity index (χ4n) is 7.61. The third-order valence-electron chi connectivity index (χ3n) is 9.55. The van der Waals surface area contributed by atoms with Crippen molar-refractivity contribution in [3.8, 4) is 27.9 Å². The van der Waals surface area contributed by atoms with Crippen LogP contribution in [0, 0.1) is 6.92 Å². The van der Waals surface area contributed by atoms with E-state index in [1.54, 1.807) is 0 Å². The van der Waals surface area contributed by atoms with E-state index in [4.69, 9.17) is 4.42 Å². The van der Waals surface area contributed by atoms with Crippen LogP contribution < -0.4 is 0 Å². The number of benzene rings is 6. The van der Waals surface area contributed by atoms with Crippen molar-refractivity contribution in [1.29, 1.82) is 0 Å². The van der Waals surface area contributed by atoms with Crippen LogP contribution in [0.1, 0.15) is 30.5 Å². The summed E-state index contributed by atoms with van der Waals surface area (Å²) in [6.45, 7) is 6.86. The zero-order chi connectivity index (χ0) is 28.2. The number of aromatic nitrogens is 1. The van der Waals surface area contributed by atoms with E-state index in [1.807, 2.05) is 0 Å². The number of nitrogens with zero attached hydrogens (tertiary/aromatic N) is 1. The molecule has 6 aromatic carbocycles. The maximum absolute atomic E-state index is 7.02. The Balaban J connectivity index is 1.38. The average molecular weight is 540 g/mol. The standard InChI is InChI=1S/C40H29NO/c1-24-12-10-21-35(41-33-19-8-5-13-25(33)26-14-6-9-20-34(26)41)36(24)30-17-11-16-27-28-22-23-32-37(39(28)42-38(27)30)29-15-4-7-18-31(29)40(32,2)3/h4-23H,1-3H3. The van der Waals surface area contributed by atoms with Crippen molar-refractivity contribution in [2.24, 2.45) is 0 Å². The van der Waals surface area contributed by atoms with Crippen LogP contribution in [-0.4, -0.2) is 4.57 Å². The monoisotopic (exact) mass is 539 g/mol. The van der Waals surface area contributed by atoms with Gasteiger partial charge in [0.2, 0.25) is 0 Å². The predicted octanol–water partition coefficient (Wildman–Crippen LogP) is 11.0. The van der Waals surface area contributed by atoms with Crippen molar-refractivity contribution in [1.82, 2.24) is 4.57 Å². The van der Waals surface area contributed by atoms with E-state index in [0.717, 1.165) is 27.8 Å². The van der Waals surface area contributed by atoms with Crippen LogP contribution in [0.3, 0.4) is 0 Å². The Morgan fingerprint density at radius 2 is 1.12 bits per heavy atom. The Kier molecular flexibility index (Phi) is 4.63. The molecule has 1 aliphatic carbocycles. The number of hydrogen-bond acceptors (Lipinski definition) is 1. The Bertz CT molecular complexity index is 2340. The summed E-state index contributed by atoms with van der Waals surface area (Å²) in [5.74, 6) is 0. The second-order valence-corrected chi connectivity index (χ2v) is 12.2. The molecule has 2 nitrogen and oxygen atoms in total. The Labute approximate surface area is 244 Å². The highest BCUT2D eigenvalue weighted by Gasteiger charge is 2.37. The Morgan fingerprint density at radius 3 is 1.90 bits per heavy atom. The van der Waals surface area contributed by atoms with Crippen molar-refractivity contribution >= 4 is 43.7 Å². The summed E-state index contributed by atoms with van der Waals surface area (Å²) < 4.78 is 9.45. The number of fused-ring (bicyclic) bond motifs is 10. The summed E-state index contributed by atoms with van der Waals surface area (Å²) in [5.41, 5.74) is 14.2. The van der Waals surface area contributed by atoms with Gasteiger partial charge in [0, 0.05) is 43.7 Å². The van der Waals surface area contributed by atoms with E-state index in [0.29, 0.717) is 0 Å². The topological polar surface area (TPSA) is 18.1 Å². The van der Waals surface area contributed by atoms with E-state index in [9.17, 15) is 0 Å². The molecule has 42 heavy (non-hydrogen) atoms. The third-order valence-corrected chi connectivity index (χ3v) is 9.55. The lowest BCUT2D eigenvalue weighted by Crippen LogP contribution is -2.14. The lowest BCUT2D eigenvalue weighted by Gasteiger charge is -2.21. The van der Waals surface area contributed by atoms with Crippen molar-refractivity contribution in [3.63, 3.8) is 0 Å². The number of rotatable bonds is 2. The van der Waals surface area contributed by atoms with E-state index >= 15 is 0 Å². The molecule has 2 heteroatoms. The second-order valence-electron chi connectivity index (χ2n) is 12.2. The van der Waals surface area contributed by atoms with E-state index in [1.165, 1.54) is 60.6 Å². The third kappa shape index (κ3) is 2.94. The molecule has 0 atom stereocenters. The van der Waals surface area contributed by atoms with Crippen LogP contribution in [-0.2, 0) is 5.41 Å². The summed E-state index contributed by atoms with van der Waals surface area (Å²) in [4.78, 5) is 0. The van der Waals surface area contributed by atoms with E-state index in [-0.39, 0.29) is 5.41 Å².